The Bertz CT molecular complexity index is 2330. The Hall–Kier alpha value is -5.62. The number of allylic oxidation sites excluding steroid dienone is 2. The number of rotatable bonds is 6. The van der Waals surface area contributed by atoms with Crippen LogP contribution in [0.1, 0.15) is 35.1 Å². The number of hydrazine groups is 1. The third kappa shape index (κ3) is 4.47. The number of phenols is 1. The predicted molar refractivity (Wildman–Crippen MR) is 189 cm³/mol. The Morgan fingerprint density at radius 3 is 2.26 bits per heavy atom. The van der Waals surface area contributed by atoms with Gasteiger partial charge in [-0.15, -0.1) is 0 Å². The van der Waals surface area contributed by atoms with E-state index in [1.165, 1.54) is 16.5 Å². The second kappa shape index (κ2) is 11.8. The Morgan fingerprint density at radius 2 is 1.58 bits per heavy atom. The van der Waals surface area contributed by atoms with Crippen LogP contribution >= 0.6 is 15.9 Å². The average Bonchev–Trinajstić information content (AvgIpc) is 3.51. The molecule has 0 spiro atoms. The summed E-state index contributed by atoms with van der Waals surface area (Å²) in [5.41, 5.74) is 3.96. The van der Waals surface area contributed by atoms with Gasteiger partial charge in [0.15, 0.2) is 11.5 Å². The van der Waals surface area contributed by atoms with Crippen molar-refractivity contribution in [2.75, 3.05) is 12.5 Å². The highest BCUT2D eigenvalue weighted by atomic mass is 79.9. The number of aromatic hydroxyl groups is 1. The summed E-state index contributed by atoms with van der Waals surface area (Å²) < 4.78 is 10.1. The number of ether oxygens (including phenoxy) is 1. The lowest BCUT2D eigenvalue weighted by Gasteiger charge is -2.49. The molecular weight excluding hydrogens is 702 g/mol. The van der Waals surface area contributed by atoms with E-state index in [4.69, 9.17) is 4.74 Å². The van der Waals surface area contributed by atoms with E-state index in [1.807, 2.05) is 55.5 Å². The molecule has 1 aliphatic carbocycles. The third-order valence-corrected chi connectivity index (χ3v) is 10.7. The number of anilines is 1. The number of para-hydroxylation sites is 1. The van der Waals surface area contributed by atoms with Gasteiger partial charge in [-0.2, -0.15) is 5.01 Å². The second-order valence-electron chi connectivity index (χ2n) is 12.8. The number of methoxy groups -OCH3 is 1. The van der Waals surface area contributed by atoms with Crippen molar-refractivity contribution in [3.05, 3.63) is 151 Å². The molecule has 1 aromatic heterocycles. The van der Waals surface area contributed by atoms with Crippen molar-refractivity contribution in [3.8, 4) is 17.2 Å². The zero-order valence-electron chi connectivity index (χ0n) is 27.1. The molecule has 2 aliphatic heterocycles. The number of carbonyl (C=O) groups excluding carboxylic acids is 2. The van der Waals surface area contributed by atoms with E-state index in [1.54, 1.807) is 54.6 Å². The normalized spacial score (nSPS) is 22.4. The van der Waals surface area contributed by atoms with E-state index in [0.717, 1.165) is 15.1 Å². The molecule has 252 valence electrons. The summed E-state index contributed by atoms with van der Waals surface area (Å²) in [6, 6.07) is 27.7. The van der Waals surface area contributed by atoms with Gasteiger partial charge in [0.05, 0.1) is 42.4 Å². The van der Waals surface area contributed by atoms with Crippen LogP contribution in [0.4, 0.5) is 5.69 Å². The minimum atomic E-state index is -1.56. The standard InChI is InChI=1S/C38H32BrN5O6/c1-22-13-15-25(16-14-22)40-43-34(46)29-21-30-27(17-18-41-36(48)42(37(49)44(30)41)26-11-7-4-8-12-26)32(28-19-24(39)20-31(50-2)33(28)45)38(29,35(43)47)23-9-5-3-6-10-23/h3-17,19-20,29-30,32,40,45H,18,21H2,1-2H3/t29-,30+,32+,38+/m0/s1. The van der Waals surface area contributed by atoms with E-state index in [9.17, 15) is 19.5 Å². The van der Waals surface area contributed by atoms with Gasteiger partial charge in [0.2, 0.25) is 0 Å². The lowest BCUT2D eigenvalue weighted by atomic mass is 9.53. The summed E-state index contributed by atoms with van der Waals surface area (Å²) in [4.78, 5) is 58.2. The van der Waals surface area contributed by atoms with E-state index >= 15 is 4.79 Å². The minimum absolute atomic E-state index is 0.0329. The van der Waals surface area contributed by atoms with Crippen LogP contribution in [0.25, 0.3) is 5.69 Å². The Balaban J connectivity index is 1.41. The van der Waals surface area contributed by atoms with Gasteiger partial charge in [-0.1, -0.05) is 88.2 Å². The number of hydrogen-bond acceptors (Lipinski definition) is 7. The highest BCUT2D eigenvalue weighted by molar-refractivity contribution is 9.10. The molecule has 8 rings (SSSR count). The first-order chi connectivity index (χ1) is 24.2. The topological polar surface area (TPSA) is 128 Å². The molecule has 50 heavy (non-hydrogen) atoms. The van der Waals surface area contributed by atoms with Crippen molar-refractivity contribution in [3.63, 3.8) is 0 Å². The average molecular weight is 735 g/mol. The number of nitrogens with one attached hydrogen (secondary N) is 1. The maximum Gasteiger partial charge on any atom is 0.352 e. The number of imide groups is 1. The number of nitrogens with zero attached hydrogens (tertiary/aromatic N) is 4. The molecule has 2 N–H and O–H groups in total. The lowest BCUT2D eigenvalue weighted by Crippen LogP contribution is -2.53. The van der Waals surface area contributed by atoms with Crippen molar-refractivity contribution >= 4 is 33.4 Å². The fourth-order valence-electron chi connectivity index (χ4n) is 8.12. The van der Waals surface area contributed by atoms with E-state index < -0.39 is 46.5 Å². The molecule has 5 aromatic rings. The van der Waals surface area contributed by atoms with Gasteiger partial charge in [0.1, 0.15) is 0 Å². The molecule has 2 fully saturated rings. The first kappa shape index (κ1) is 31.6. The molecule has 0 unspecified atom stereocenters. The van der Waals surface area contributed by atoms with Crippen LogP contribution in [0.2, 0.25) is 0 Å². The number of hydrogen-bond donors (Lipinski definition) is 2. The van der Waals surface area contributed by atoms with Crippen molar-refractivity contribution in [1.82, 2.24) is 18.9 Å². The zero-order chi connectivity index (χ0) is 34.9. The second-order valence-corrected chi connectivity index (χ2v) is 13.8. The smallest absolute Gasteiger partial charge is 0.352 e. The summed E-state index contributed by atoms with van der Waals surface area (Å²) >= 11 is 3.56. The lowest BCUT2D eigenvalue weighted by molar-refractivity contribution is -0.138. The third-order valence-electron chi connectivity index (χ3n) is 10.3. The summed E-state index contributed by atoms with van der Waals surface area (Å²) in [7, 11) is 1.44. The van der Waals surface area contributed by atoms with E-state index in [-0.39, 0.29) is 24.5 Å². The Morgan fingerprint density at radius 1 is 0.900 bits per heavy atom. The molecule has 1 saturated heterocycles. The molecule has 3 heterocycles. The number of phenolic OH excluding ortho intramolecular Hbond substituents is 1. The molecule has 4 aromatic carbocycles. The highest BCUT2D eigenvalue weighted by Gasteiger charge is 2.69. The van der Waals surface area contributed by atoms with Crippen LogP contribution in [0.5, 0.6) is 11.5 Å². The molecule has 3 aliphatic rings. The molecule has 2 amide bonds. The monoisotopic (exact) mass is 733 g/mol. The zero-order valence-corrected chi connectivity index (χ0v) is 28.7. The number of amides is 2. The highest BCUT2D eigenvalue weighted by Crippen LogP contribution is 2.63. The molecule has 1 saturated carbocycles. The number of carbonyl (C=O) groups is 2. The van der Waals surface area contributed by atoms with Gasteiger partial charge < -0.3 is 9.84 Å². The summed E-state index contributed by atoms with van der Waals surface area (Å²) in [6.45, 7) is 1.98. The van der Waals surface area contributed by atoms with Crippen LogP contribution in [0.3, 0.4) is 0 Å². The maximum atomic E-state index is 15.3. The molecule has 0 radical (unpaired) electrons. The molecular formula is C38H32BrN5O6. The number of aromatic nitrogens is 3. The fraction of sp³-hybridized carbons (Fsp3) is 0.211. The summed E-state index contributed by atoms with van der Waals surface area (Å²) in [6.07, 6.45) is 1.89. The van der Waals surface area contributed by atoms with E-state index in [2.05, 4.69) is 21.4 Å². The van der Waals surface area contributed by atoms with Crippen LogP contribution in [0, 0.1) is 12.8 Å². The SMILES string of the molecule is COc1cc(Br)cc([C@H]2C3=CCn4c(=O)n(-c5ccccc5)c(=O)n4[C@@H]3C[C@H]3C(=O)N(Nc4ccc(C)cc4)C(=O)[C@@]23c2ccccc2)c1O. The van der Waals surface area contributed by atoms with Crippen LogP contribution in [-0.2, 0) is 21.5 Å². The van der Waals surface area contributed by atoms with Crippen LogP contribution in [-0.4, -0.2) is 43.0 Å². The Kier molecular flexibility index (Phi) is 7.44. The van der Waals surface area contributed by atoms with Gasteiger partial charge in [-0.05, 0) is 60.9 Å². The van der Waals surface area contributed by atoms with Crippen molar-refractivity contribution in [1.29, 1.82) is 0 Å². The first-order valence-electron chi connectivity index (χ1n) is 16.2. The quantitative estimate of drug-likeness (QED) is 0.181. The van der Waals surface area contributed by atoms with Crippen molar-refractivity contribution in [2.45, 2.75) is 37.3 Å². The van der Waals surface area contributed by atoms with Gasteiger partial charge in [0, 0.05) is 16.0 Å². The van der Waals surface area contributed by atoms with Gasteiger partial charge >= 0.3 is 11.4 Å². The Labute approximate surface area is 294 Å². The molecule has 12 heteroatoms. The predicted octanol–water partition coefficient (Wildman–Crippen LogP) is 5.20. The number of aryl methyl sites for hydroxylation is 1. The van der Waals surface area contributed by atoms with Gasteiger partial charge in [-0.25, -0.2) is 23.5 Å². The van der Waals surface area contributed by atoms with Crippen molar-refractivity contribution < 1.29 is 19.4 Å². The summed E-state index contributed by atoms with van der Waals surface area (Å²) in [5.74, 6) is -2.99. The van der Waals surface area contributed by atoms with Crippen molar-refractivity contribution in [2.24, 2.45) is 5.92 Å². The van der Waals surface area contributed by atoms with Crippen LogP contribution in [0.15, 0.2) is 123 Å². The minimum Gasteiger partial charge on any atom is -0.504 e. The number of fused-ring (bicyclic) bond motifs is 4. The molecule has 11 nitrogen and oxygen atoms in total. The largest absolute Gasteiger partial charge is 0.504 e. The van der Waals surface area contributed by atoms with Gasteiger partial charge in [0.25, 0.3) is 11.8 Å². The van der Waals surface area contributed by atoms with Crippen LogP contribution < -0.4 is 21.5 Å². The molecule has 0 bridgehead atoms. The maximum absolute atomic E-state index is 15.3. The molecule has 4 atom stereocenters. The fourth-order valence-corrected chi connectivity index (χ4v) is 8.58. The number of benzene rings is 4. The van der Waals surface area contributed by atoms with Gasteiger partial charge in [-0.3, -0.25) is 15.0 Å². The van der Waals surface area contributed by atoms with E-state index in [0.29, 0.717) is 32.5 Å². The summed E-state index contributed by atoms with van der Waals surface area (Å²) in [5, 5.41) is 12.9. The number of halogens is 1. The first-order valence-corrected chi connectivity index (χ1v) is 17.0.